The predicted molar refractivity (Wildman–Crippen MR) is 93.6 cm³/mol. The number of hydrogen-bond acceptors (Lipinski definition) is 5. The fourth-order valence-electron chi connectivity index (χ4n) is 2.43. The molecule has 0 saturated heterocycles. The van der Waals surface area contributed by atoms with E-state index in [1.165, 1.54) is 4.90 Å². The number of nitrogens with zero attached hydrogens (tertiary/aromatic N) is 2. The van der Waals surface area contributed by atoms with Crippen LogP contribution in [0.5, 0.6) is 0 Å². The first kappa shape index (κ1) is 18.7. The summed E-state index contributed by atoms with van der Waals surface area (Å²) in [6.07, 6.45) is 1.55. The van der Waals surface area contributed by atoms with E-state index in [-0.39, 0.29) is 12.5 Å². The number of carbonyl (C=O) groups is 2. The van der Waals surface area contributed by atoms with Gasteiger partial charge < -0.3 is 14.1 Å². The van der Waals surface area contributed by atoms with Gasteiger partial charge in [0.25, 0.3) is 5.91 Å². The molecule has 0 radical (unpaired) electrons. The van der Waals surface area contributed by atoms with Gasteiger partial charge in [0, 0.05) is 7.05 Å². The number of ether oxygens (including phenoxy) is 1. The largest absolute Gasteiger partial charge is 0.467 e. The van der Waals surface area contributed by atoms with E-state index in [2.05, 4.69) is 0 Å². The molecule has 0 saturated carbocycles. The topological polar surface area (TPSA) is 63.0 Å². The van der Waals surface area contributed by atoms with E-state index >= 15 is 0 Å². The minimum atomic E-state index is -0.533. The van der Waals surface area contributed by atoms with Crippen LogP contribution in [0.2, 0.25) is 0 Å². The van der Waals surface area contributed by atoms with Gasteiger partial charge in [-0.2, -0.15) is 0 Å². The molecule has 0 bridgehead atoms. The number of furan rings is 1. The van der Waals surface area contributed by atoms with Crippen LogP contribution in [0, 0.1) is 0 Å². The maximum Gasteiger partial charge on any atom is 0.328 e. The Morgan fingerprint density at radius 2 is 1.84 bits per heavy atom. The standard InChI is InChI=1S/C19H24N2O4/c1-4-20(2)18(15-9-6-5-7-10-15)19(23)25-14-17(22)21(3)13-16-11-8-12-24-16/h5-12,18H,4,13-14H2,1-3H3/t18-/m0/s1. The smallest absolute Gasteiger partial charge is 0.328 e. The van der Waals surface area contributed by atoms with E-state index in [1.807, 2.05) is 49.2 Å². The van der Waals surface area contributed by atoms with Crippen molar-refractivity contribution in [3.05, 3.63) is 60.1 Å². The van der Waals surface area contributed by atoms with Gasteiger partial charge in [0.1, 0.15) is 11.8 Å². The minimum Gasteiger partial charge on any atom is -0.467 e. The second-order valence-electron chi connectivity index (χ2n) is 5.82. The highest BCUT2D eigenvalue weighted by molar-refractivity contribution is 5.83. The van der Waals surface area contributed by atoms with Crippen LogP contribution in [0.25, 0.3) is 0 Å². The molecule has 25 heavy (non-hydrogen) atoms. The molecule has 1 atom stereocenters. The van der Waals surface area contributed by atoms with Crippen LogP contribution in [-0.4, -0.2) is 48.9 Å². The van der Waals surface area contributed by atoms with Crippen LogP contribution >= 0.6 is 0 Å². The van der Waals surface area contributed by atoms with Gasteiger partial charge in [-0.05, 0) is 31.3 Å². The summed E-state index contributed by atoms with van der Waals surface area (Å²) in [4.78, 5) is 28.0. The molecule has 0 aliphatic rings. The third-order valence-electron chi connectivity index (χ3n) is 4.01. The third-order valence-corrected chi connectivity index (χ3v) is 4.01. The van der Waals surface area contributed by atoms with Gasteiger partial charge in [-0.1, -0.05) is 37.3 Å². The van der Waals surface area contributed by atoms with Gasteiger partial charge in [-0.25, -0.2) is 4.79 Å². The van der Waals surface area contributed by atoms with Gasteiger partial charge in [0.15, 0.2) is 6.61 Å². The summed E-state index contributed by atoms with van der Waals surface area (Å²) >= 11 is 0. The van der Waals surface area contributed by atoms with Crippen molar-refractivity contribution in [1.82, 2.24) is 9.80 Å². The highest BCUT2D eigenvalue weighted by atomic mass is 16.5. The monoisotopic (exact) mass is 344 g/mol. The van der Waals surface area contributed by atoms with E-state index in [0.717, 1.165) is 5.56 Å². The lowest BCUT2D eigenvalue weighted by atomic mass is 10.1. The summed E-state index contributed by atoms with van der Waals surface area (Å²) < 4.78 is 10.5. The van der Waals surface area contributed by atoms with Gasteiger partial charge >= 0.3 is 5.97 Å². The molecule has 0 fully saturated rings. The van der Waals surface area contributed by atoms with Crippen molar-refractivity contribution in [3.63, 3.8) is 0 Å². The van der Waals surface area contributed by atoms with Crippen molar-refractivity contribution in [2.75, 3.05) is 27.2 Å². The summed E-state index contributed by atoms with van der Waals surface area (Å²) in [7, 11) is 3.50. The molecule has 134 valence electrons. The lowest BCUT2D eigenvalue weighted by Gasteiger charge is -2.25. The first-order valence-electron chi connectivity index (χ1n) is 8.21. The Morgan fingerprint density at radius 1 is 1.12 bits per heavy atom. The molecule has 0 spiro atoms. The Balaban J connectivity index is 1.95. The summed E-state index contributed by atoms with van der Waals surface area (Å²) in [5.74, 6) is -0.0407. The Kier molecular flexibility index (Phi) is 6.77. The van der Waals surface area contributed by atoms with Crippen LogP contribution in [0.3, 0.4) is 0 Å². The van der Waals surface area contributed by atoms with Crippen molar-refractivity contribution in [2.24, 2.45) is 0 Å². The van der Waals surface area contributed by atoms with E-state index < -0.39 is 12.0 Å². The SMILES string of the molecule is CCN(C)[C@H](C(=O)OCC(=O)N(C)Cc1ccco1)c1ccccc1. The van der Waals surface area contributed by atoms with E-state index in [4.69, 9.17) is 9.15 Å². The van der Waals surface area contributed by atoms with Gasteiger partial charge in [0.05, 0.1) is 12.8 Å². The number of hydrogen-bond donors (Lipinski definition) is 0. The second kappa shape index (κ2) is 9.03. The fourth-order valence-corrected chi connectivity index (χ4v) is 2.43. The molecule has 0 aliphatic heterocycles. The lowest BCUT2D eigenvalue weighted by Crippen LogP contribution is -2.35. The number of rotatable bonds is 8. The van der Waals surface area contributed by atoms with Crippen molar-refractivity contribution in [2.45, 2.75) is 19.5 Å². The minimum absolute atomic E-state index is 0.282. The Hall–Kier alpha value is -2.60. The van der Waals surface area contributed by atoms with Crippen LogP contribution in [0.15, 0.2) is 53.1 Å². The quantitative estimate of drug-likeness (QED) is 0.689. The zero-order valence-electron chi connectivity index (χ0n) is 14.8. The van der Waals surface area contributed by atoms with Crippen LogP contribution in [0.4, 0.5) is 0 Å². The molecular formula is C19H24N2O4. The highest BCUT2D eigenvalue weighted by Crippen LogP contribution is 2.20. The summed E-state index contributed by atoms with van der Waals surface area (Å²) in [5, 5.41) is 0. The molecule has 0 N–H and O–H groups in total. The summed E-state index contributed by atoms with van der Waals surface area (Å²) in [6.45, 7) is 2.68. The summed E-state index contributed by atoms with van der Waals surface area (Å²) in [6, 6.07) is 12.4. The first-order valence-corrected chi connectivity index (χ1v) is 8.21. The Morgan fingerprint density at radius 3 is 2.44 bits per heavy atom. The van der Waals surface area contributed by atoms with E-state index in [1.54, 1.807) is 25.4 Å². The molecule has 6 heteroatoms. The maximum absolute atomic E-state index is 12.5. The normalized spacial score (nSPS) is 12.0. The third kappa shape index (κ3) is 5.19. The van der Waals surface area contributed by atoms with Gasteiger partial charge in [-0.3, -0.25) is 9.69 Å². The predicted octanol–water partition coefficient (Wildman–Crippen LogP) is 2.47. The van der Waals surface area contributed by atoms with Crippen molar-refractivity contribution in [1.29, 1.82) is 0 Å². The second-order valence-corrected chi connectivity index (χ2v) is 5.82. The average molecular weight is 344 g/mol. The number of amides is 1. The number of esters is 1. The lowest BCUT2D eigenvalue weighted by molar-refractivity contribution is -0.156. The van der Waals surface area contributed by atoms with Crippen LogP contribution in [-0.2, 0) is 20.9 Å². The van der Waals surface area contributed by atoms with E-state index in [9.17, 15) is 9.59 Å². The molecule has 1 amide bonds. The molecule has 6 nitrogen and oxygen atoms in total. The Labute approximate surface area is 148 Å². The molecule has 0 aliphatic carbocycles. The van der Waals surface area contributed by atoms with Gasteiger partial charge in [0.2, 0.25) is 0 Å². The molecule has 0 unspecified atom stereocenters. The number of carbonyl (C=O) groups excluding carboxylic acids is 2. The molecular weight excluding hydrogens is 320 g/mol. The van der Waals surface area contributed by atoms with Crippen LogP contribution < -0.4 is 0 Å². The average Bonchev–Trinajstić information content (AvgIpc) is 3.13. The molecule has 1 heterocycles. The van der Waals surface area contributed by atoms with Crippen LogP contribution in [0.1, 0.15) is 24.3 Å². The fraction of sp³-hybridized carbons (Fsp3) is 0.368. The molecule has 2 rings (SSSR count). The van der Waals surface area contributed by atoms with Crippen molar-refractivity contribution < 1.29 is 18.7 Å². The Bertz CT molecular complexity index is 670. The summed E-state index contributed by atoms with van der Waals surface area (Å²) in [5.41, 5.74) is 0.841. The molecule has 1 aromatic heterocycles. The first-order chi connectivity index (χ1) is 12.0. The van der Waals surface area contributed by atoms with Crippen molar-refractivity contribution >= 4 is 11.9 Å². The zero-order valence-corrected chi connectivity index (χ0v) is 14.8. The maximum atomic E-state index is 12.5. The van der Waals surface area contributed by atoms with E-state index in [0.29, 0.717) is 18.8 Å². The molecule has 2 aromatic rings. The van der Waals surface area contributed by atoms with Gasteiger partial charge in [-0.15, -0.1) is 0 Å². The highest BCUT2D eigenvalue weighted by Gasteiger charge is 2.26. The van der Waals surface area contributed by atoms with Crippen molar-refractivity contribution in [3.8, 4) is 0 Å². The zero-order chi connectivity index (χ0) is 18.2. The number of benzene rings is 1. The molecule has 1 aromatic carbocycles. The number of likely N-dealkylation sites (N-methyl/N-ethyl adjacent to an activating group) is 2.